The highest BCUT2D eigenvalue weighted by molar-refractivity contribution is 6.30. The van der Waals surface area contributed by atoms with Gasteiger partial charge in [0.05, 0.1) is 11.4 Å². The smallest absolute Gasteiger partial charge is 0.333 e. The molecule has 1 N–H and O–H groups in total. The molecule has 0 saturated carbocycles. The normalized spacial score (nSPS) is 11.0. The number of carbonyl (C=O) groups is 1. The first-order valence-corrected chi connectivity index (χ1v) is 8.71. The van der Waals surface area contributed by atoms with Crippen LogP contribution < -0.4 is 5.32 Å². The van der Waals surface area contributed by atoms with Crippen LogP contribution in [0.15, 0.2) is 48.8 Å². The lowest BCUT2D eigenvalue weighted by Gasteiger charge is -2.11. The summed E-state index contributed by atoms with van der Waals surface area (Å²) in [6.07, 6.45) is 3.18. The molecule has 0 atom stereocenters. The number of halogens is 3. The van der Waals surface area contributed by atoms with Crippen LogP contribution in [0, 0.1) is 0 Å². The number of carbonyl (C=O) groups excluding carboxylic acids is 1. The average molecular weight is 391 g/mol. The molecule has 0 radical (unpaired) electrons. The van der Waals surface area contributed by atoms with E-state index >= 15 is 0 Å². The summed E-state index contributed by atoms with van der Waals surface area (Å²) in [7, 11) is 0. The number of alkyl halides is 2. The van der Waals surface area contributed by atoms with Gasteiger partial charge in [-0.3, -0.25) is 9.78 Å². The predicted octanol–water partition coefficient (Wildman–Crippen LogP) is 4.69. The summed E-state index contributed by atoms with van der Waals surface area (Å²) in [6.45, 7) is -0.746. The zero-order valence-corrected chi connectivity index (χ0v) is 15.3. The van der Waals surface area contributed by atoms with Crippen molar-refractivity contribution < 1.29 is 13.6 Å². The fourth-order valence-electron chi connectivity index (χ4n) is 2.58. The van der Waals surface area contributed by atoms with Gasteiger partial charge in [-0.25, -0.2) is 4.68 Å². The minimum Gasteiger partial charge on any atom is -0.352 e. The Balaban J connectivity index is 2.03. The highest BCUT2D eigenvalue weighted by Gasteiger charge is 2.15. The van der Waals surface area contributed by atoms with E-state index in [2.05, 4.69) is 15.4 Å². The van der Waals surface area contributed by atoms with Crippen LogP contribution in [0.2, 0.25) is 5.02 Å². The Hall–Kier alpha value is -2.80. The molecule has 2 heterocycles. The van der Waals surface area contributed by atoms with Gasteiger partial charge in [-0.05, 0) is 29.8 Å². The Kier molecular flexibility index (Phi) is 5.81. The molecule has 0 spiro atoms. The van der Waals surface area contributed by atoms with Crippen LogP contribution in [0.4, 0.5) is 8.78 Å². The van der Waals surface area contributed by atoms with Gasteiger partial charge < -0.3 is 5.32 Å². The number of hydrogen-bond donors (Lipinski definition) is 1. The van der Waals surface area contributed by atoms with Crippen molar-refractivity contribution in [1.82, 2.24) is 20.1 Å². The Bertz CT molecular complexity index is 958. The fourth-order valence-corrected chi connectivity index (χ4v) is 2.77. The Morgan fingerprint density at radius 1 is 1.26 bits per heavy atom. The molecule has 0 aliphatic rings. The van der Waals surface area contributed by atoms with Crippen LogP contribution >= 0.6 is 11.6 Å². The maximum atomic E-state index is 12.9. The van der Waals surface area contributed by atoms with Gasteiger partial charge in [0.2, 0.25) is 5.91 Å². The van der Waals surface area contributed by atoms with Gasteiger partial charge in [0.15, 0.2) is 0 Å². The summed E-state index contributed by atoms with van der Waals surface area (Å²) in [6, 6.07) is 10.5. The minimum absolute atomic E-state index is 0.113. The van der Waals surface area contributed by atoms with Crippen LogP contribution in [-0.4, -0.2) is 20.7 Å². The van der Waals surface area contributed by atoms with Crippen molar-refractivity contribution in [1.29, 1.82) is 0 Å². The van der Waals surface area contributed by atoms with Gasteiger partial charge in [-0.1, -0.05) is 30.7 Å². The maximum absolute atomic E-state index is 12.9. The van der Waals surface area contributed by atoms with Crippen molar-refractivity contribution in [2.45, 2.75) is 26.4 Å². The largest absolute Gasteiger partial charge is 0.352 e. The number of benzene rings is 1. The van der Waals surface area contributed by atoms with E-state index in [-0.39, 0.29) is 12.5 Å². The first-order valence-electron chi connectivity index (χ1n) is 8.33. The summed E-state index contributed by atoms with van der Waals surface area (Å²) in [5.41, 5.74) is 3.10. The number of nitrogens with zero attached hydrogens (tertiary/aromatic N) is 3. The monoisotopic (exact) mass is 390 g/mol. The van der Waals surface area contributed by atoms with E-state index in [1.165, 1.54) is 12.3 Å². The number of hydrogen-bond acceptors (Lipinski definition) is 3. The van der Waals surface area contributed by atoms with Crippen LogP contribution in [0.5, 0.6) is 0 Å². The van der Waals surface area contributed by atoms with E-state index in [4.69, 9.17) is 11.6 Å². The zero-order chi connectivity index (χ0) is 19.4. The van der Waals surface area contributed by atoms with Crippen molar-refractivity contribution in [3.05, 3.63) is 59.4 Å². The Labute approximate surface area is 160 Å². The molecule has 3 rings (SSSR count). The predicted molar refractivity (Wildman–Crippen MR) is 99.3 cm³/mol. The second-order valence-electron chi connectivity index (χ2n) is 5.83. The summed E-state index contributed by atoms with van der Waals surface area (Å²) in [5, 5.41) is 7.28. The molecule has 0 bridgehead atoms. The summed E-state index contributed by atoms with van der Waals surface area (Å²) in [4.78, 5) is 16.0. The second-order valence-corrected chi connectivity index (χ2v) is 6.26. The number of pyridine rings is 1. The number of aromatic nitrogens is 3. The highest BCUT2D eigenvalue weighted by Crippen LogP contribution is 2.29. The SMILES string of the molecule is CCC(=O)NCc1cnc(-c2cccc(Cl)c2)cc1-c1ccn(C(F)F)n1. The molecule has 0 aliphatic heterocycles. The van der Waals surface area contributed by atoms with Gasteiger partial charge in [0, 0.05) is 41.5 Å². The lowest BCUT2D eigenvalue weighted by Crippen LogP contribution is -2.22. The fraction of sp³-hybridized carbons (Fsp3) is 0.211. The van der Waals surface area contributed by atoms with E-state index in [0.717, 1.165) is 5.56 Å². The molecule has 8 heteroatoms. The van der Waals surface area contributed by atoms with Crippen LogP contribution in [0.25, 0.3) is 22.5 Å². The molecule has 3 aromatic rings. The molecule has 0 saturated heterocycles. The third-order valence-electron chi connectivity index (χ3n) is 3.99. The van der Waals surface area contributed by atoms with Crippen molar-refractivity contribution in [2.75, 3.05) is 0 Å². The Morgan fingerprint density at radius 2 is 2.07 bits per heavy atom. The molecule has 5 nitrogen and oxygen atoms in total. The van der Waals surface area contributed by atoms with Gasteiger partial charge in [0.1, 0.15) is 0 Å². The zero-order valence-electron chi connectivity index (χ0n) is 14.5. The Morgan fingerprint density at radius 3 is 2.74 bits per heavy atom. The third kappa shape index (κ3) is 4.49. The number of rotatable bonds is 6. The van der Waals surface area contributed by atoms with Gasteiger partial charge in [0.25, 0.3) is 0 Å². The average Bonchev–Trinajstić information content (AvgIpc) is 3.16. The first-order chi connectivity index (χ1) is 13.0. The molecule has 1 aromatic carbocycles. The minimum atomic E-state index is -2.73. The van der Waals surface area contributed by atoms with E-state index in [1.54, 1.807) is 37.4 Å². The standard InChI is InChI=1S/C19H17ClF2N4O/c1-2-18(27)24-11-13-10-23-17(12-4-3-5-14(20)8-12)9-15(13)16-6-7-26(25-16)19(21)22/h3-10,19H,2,11H2,1H3,(H,24,27). The molecule has 0 aliphatic carbocycles. The van der Waals surface area contributed by atoms with Crippen molar-refractivity contribution in [2.24, 2.45) is 0 Å². The van der Waals surface area contributed by atoms with Crippen molar-refractivity contribution in [3.8, 4) is 22.5 Å². The summed E-state index contributed by atoms with van der Waals surface area (Å²) < 4.78 is 26.4. The van der Waals surface area contributed by atoms with Gasteiger partial charge >= 0.3 is 6.55 Å². The lowest BCUT2D eigenvalue weighted by atomic mass is 10.0. The third-order valence-corrected chi connectivity index (χ3v) is 4.22. The summed E-state index contributed by atoms with van der Waals surface area (Å²) in [5.74, 6) is -0.113. The highest BCUT2D eigenvalue weighted by atomic mass is 35.5. The van der Waals surface area contributed by atoms with Crippen molar-refractivity contribution in [3.63, 3.8) is 0 Å². The van der Waals surface area contributed by atoms with E-state index < -0.39 is 6.55 Å². The summed E-state index contributed by atoms with van der Waals surface area (Å²) >= 11 is 6.05. The molecule has 27 heavy (non-hydrogen) atoms. The first kappa shape index (κ1) is 19.0. The maximum Gasteiger partial charge on any atom is 0.333 e. The molecule has 2 aromatic heterocycles. The van der Waals surface area contributed by atoms with E-state index in [1.807, 2.05) is 6.07 Å². The molecule has 0 fully saturated rings. The van der Waals surface area contributed by atoms with Gasteiger partial charge in [-0.2, -0.15) is 13.9 Å². The van der Waals surface area contributed by atoms with Gasteiger partial charge in [-0.15, -0.1) is 0 Å². The van der Waals surface area contributed by atoms with Crippen molar-refractivity contribution >= 4 is 17.5 Å². The molecular formula is C19H17ClF2N4O. The number of amides is 1. The second kappa shape index (κ2) is 8.26. The lowest BCUT2D eigenvalue weighted by molar-refractivity contribution is -0.120. The topological polar surface area (TPSA) is 59.8 Å². The molecule has 0 unspecified atom stereocenters. The number of nitrogens with one attached hydrogen (secondary N) is 1. The van der Waals surface area contributed by atoms with Crippen LogP contribution in [0.1, 0.15) is 25.5 Å². The molecule has 140 valence electrons. The van der Waals surface area contributed by atoms with Crippen LogP contribution in [0.3, 0.4) is 0 Å². The van der Waals surface area contributed by atoms with Crippen LogP contribution in [-0.2, 0) is 11.3 Å². The van der Waals surface area contributed by atoms with E-state index in [0.29, 0.717) is 38.6 Å². The molecular weight excluding hydrogens is 374 g/mol. The quantitative estimate of drug-likeness (QED) is 0.664. The molecule has 1 amide bonds. The van der Waals surface area contributed by atoms with E-state index in [9.17, 15) is 13.6 Å².